The van der Waals surface area contributed by atoms with E-state index in [1.165, 1.54) is 12.1 Å². The van der Waals surface area contributed by atoms with Crippen molar-refractivity contribution in [3.05, 3.63) is 100 Å². The number of para-hydroxylation sites is 1. The van der Waals surface area contributed by atoms with Gasteiger partial charge in [0, 0.05) is 23.4 Å². The van der Waals surface area contributed by atoms with Gasteiger partial charge in [0.2, 0.25) is 0 Å². The molecule has 2 aliphatic rings. The Morgan fingerprint density at radius 1 is 1.00 bits per heavy atom. The van der Waals surface area contributed by atoms with Crippen molar-refractivity contribution in [3.8, 4) is 0 Å². The summed E-state index contributed by atoms with van der Waals surface area (Å²) in [6, 6.07) is 17.2. The normalized spacial score (nSPS) is 16.0. The lowest BCUT2D eigenvalue weighted by molar-refractivity contribution is 0.0978. The Balaban J connectivity index is 1.31. The molecular weight excluding hydrogens is 446 g/mol. The first kappa shape index (κ1) is 23.2. The van der Waals surface area contributed by atoms with E-state index in [4.69, 9.17) is 0 Å². The van der Waals surface area contributed by atoms with Gasteiger partial charge in [-0.2, -0.15) is 0 Å². The number of anilines is 1. The third kappa shape index (κ3) is 5.41. The quantitative estimate of drug-likeness (QED) is 0.561. The molecule has 3 aromatic rings. The number of aliphatic imine (C=N–C) groups is 1. The van der Waals surface area contributed by atoms with E-state index < -0.39 is 11.6 Å². The van der Waals surface area contributed by atoms with E-state index >= 15 is 0 Å². The summed E-state index contributed by atoms with van der Waals surface area (Å²) in [7, 11) is 2.12. The molecule has 5 nitrogen and oxygen atoms in total. The molecule has 3 aromatic carbocycles. The summed E-state index contributed by atoms with van der Waals surface area (Å²) in [4.78, 5) is 20.1. The number of carbonyl (C=O) groups is 1. The van der Waals surface area contributed by atoms with Crippen LogP contribution in [0.1, 0.15) is 45.5 Å². The number of benzene rings is 3. The van der Waals surface area contributed by atoms with Crippen LogP contribution in [0, 0.1) is 11.6 Å². The SMILES string of the molecule is CN1CCC(Nc2ccccc2C(=O)NC2=NCc3ccc(Cc4cc(F)cc(F)c4)cc32)CC1. The van der Waals surface area contributed by atoms with Crippen LogP contribution >= 0.6 is 0 Å². The fourth-order valence-corrected chi connectivity index (χ4v) is 4.75. The van der Waals surface area contributed by atoms with Crippen LogP contribution in [-0.4, -0.2) is 42.8 Å². The highest BCUT2D eigenvalue weighted by Gasteiger charge is 2.22. The lowest BCUT2D eigenvalue weighted by atomic mass is 9.99. The summed E-state index contributed by atoms with van der Waals surface area (Å²) in [6.45, 7) is 2.55. The Kier molecular flexibility index (Phi) is 6.59. The van der Waals surface area contributed by atoms with Gasteiger partial charge in [-0.25, -0.2) is 8.78 Å². The van der Waals surface area contributed by atoms with Crippen LogP contribution in [0.4, 0.5) is 14.5 Å². The van der Waals surface area contributed by atoms with Gasteiger partial charge in [0.1, 0.15) is 17.5 Å². The van der Waals surface area contributed by atoms with Crippen molar-refractivity contribution < 1.29 is 13.6 Å². The molecule has 0 spiro atoms. The number of nitrogens with zero attached hydrogens (tertiary/aromatic N) is 2. The predicted molar refractivity (Wildman–Crippen MR) is 134 cm³/mol. The Labute approximate surface area is 203 Å². The maximum atomic E-state index is 13.6. The number of hydrogen-bond donors (Lipinski definition) is 2. The summed E-state index contributed by atoms with van der Waals surface area (Å²) in [5.74, 6) is -0.886. The zero-order chi connectivity index (χ0) is 24.4. The van der Waals surface area contributed by atoms with Crippen LogP contribution in [0.5, 0.6) is 0 Å². The second-order valence-corrected chi connectivity index (χ2v) is 9.33. The van der Waals surface area contributed by atoms with Gasteiger partial charge >= 0.3 is 0 Å². The van der Waals surface area contributed by atoms with Crippen molar-refractivity contribution in [1.29, 1.82) is 0 Å². The van der Waals surface area contributed by atoms with Gasteiger partial charge in [0.25, 0.3) is 5.91 Å². The molecular formula is C28H28F2N4O. The van der Waals surface area contributed by atoms with Crippen LogP contribution in [0.2, 0.25) is 0 Å². The van der Waals surface area contributed by atoms with Crippen LogP contribution in [-0.2, 0) is 13.0 Å². The largest absolute Gasteiger partial charge is 0.382 e. The second kappa shape index (κ2) is 9.96. The molecule has 35 heavy (non-hydrogen) atoms. The molecule has 0 saturated carbocycles. The van der Waals surface area contributed by atoms with E-state index in [2.05, 4.69) is 27.6 Å². The highest BCUT2D eigenvalue weighted by atomic mass is 19.1. The molecule has 0 atom stereocenters. The van der Waals surface area contributed by atoms with Gasteiger partial charge in [0.15, 0.2) is 0 Å². The monoisotopic (exact) mass is 474 g/mol. The molecule has 5 rings (SSSR count). The number of likely N-dealkylation sites (tertiary alicyclic amines) is 1. The van der Waals surface area contributed by atoms with E-state index in [1.54, 1.807) is 0 Å². The molecule has 2 heterocycles. The van der Waals surface area contributed by atoms with Gasteiger partial charge in [-0.3, -0.25) is 9.79 Å². The fourth-order valence-electron chi connectivity index (χ4n) is 4.75. The van der Waals surface area contributed by atoms with Crippen LogP contribution in [0.25, 0.3) is 0 Å². The van der Waals surface area contributed by atoms with Gasteiger partial charge in [-0.15, -0.1) is 0 Å². The first-order chi connectivity index (χ1) is 16.9. The van der Waals surface area contributed by atoms with E-state index in [9.17, 15) is 13.6 Å². The number of amidine groups is 1. The summed E-state index contributed by atoms with van der Waals surface area (Å²) < 4.78 is 27.2. The zero-order valence-electron chi connectivity index (χ0n) is 19.7. The minimum Gasteiger partial charge on any atom is -0.382 e. The van der Waals surface area contributed by atoms with Crippen LogP contribution in [0.3, 0.4) is 0 Å². The van der Waals surface area contributed by atoms with Crippen molar-refractivity contribution in [2.75, 3.05) is 25.5 Å². The first-order valence-electron chi connectivity index (χ1n) is 11.9. The first-order valence-corrected chi connectivity index (χ1v) is 11.9. The Morgan fingerprint density at radius 3 is 2.51 bits per heavy atom. The average molecular weight is 475 g/mol. The van der Waals surface area contributed by atoms with Crippen molar-refractivity contribution in [2.45, 2.75) is 31.8 Å². The number of carbonyl (C=O) groups excluding carboxylic acids is 1. The molecule has 0 aliphatic carbocycles. The summed E-state index contributed by atoms with van der Waals surface area (Å²) in [6.07, 6.45) is 2.45. The van der Waals surface area contributed by atoms with Crippen molar-refractivity contribution >= 4 is 17.4 Å². The smallest absolute Gasteiger partial charge is 0.258 e. The van der Waals surface area contributed by atoms with E-state index in [0.717, 1.165) is 54.4 Å². The molecule has 0 radical (unpaired) electrons. The molecule has 1 saturated heterocycles. The second-order valence-electron chi connectivity index (χ2n) is 9.33. The lowest BCUT2D eigenvalue weighted by Gasteiger charge is -2.30. The Morgan fingerprint density at radius 2 is 1.74 bits per heavy atom. The molecule has 0 aromatic heterocycles. The fraction of sp³-hybridized carbons (Fsp3) is 0.286. The van der Waals surface area contributed by atoms with Gasteiger partial charge in [-0.05, 0) is 86.4 Å². The highest BCUT2D eigenvalue weighted by Crippen LogP contribution is 2.24. The van der Waals surface area contributed by atoms with Crippen molar-refractivity contribution in [2.24, 2.45) is 4.99 Å². The minimum absolute atomic E-state index is 0.217. The molecule has 1 amide bonds. The maximum absolute atomic E-state index is 13.6. The summed E-state index contributed by atoms with van der Waals surface area (Å²) in [5, 5.41) is 6.54. The van der Waals surface area contributed by atoms with Gasteiger partial charge in [-0.1, -0.05) is 24.3 Å². The number of rotatable bonds is 5. The third-order valence-corrected chi connectivity index (χ3v) is 6.65. The standard InChI is InChI=1S/C28H28F2N4O/c1-34-10-8-23(9-11-34)32-26-5-3-2-4-24(26)28(35)33-27-25-15-18(6-7-20(25)17-31-27)12-19-13-21(29)16-22(30)14-19/h2-7,13-16,23,32H,8-12,17H2,1H3,(H,31,33,35). The number of halogens is 2. The average Bonchev–Trinajstić information content (AvgIpc) is 3.22. The summed E-state index contributed by atoms with van der Waals surface area (Å²) >= 11 is 0. The summed E-state index contributed by atoms with van der Waals surface area (Å²) in [5.41, 5.74) is 4.69. The minimum atomic E-state index is -0.594. The number of nitrogens with one attached hydrogen (secondary N) is 2. The maximum Gasteiger partial charge on any atom is 0.258 e. The molecule has 7 heteroatoms. The number of hydrogen-bond acceptors (Lipinski definition) is 4. The number of amides is 1. The van der Waals surface area contributed by atoms with E-state index in [0.29, 0.717) is 36.0 Å². The molecule has 0 bridgehead atoms. The van der Waals surface area contributed by atoms with Gasteiger partial charge < -0.3 is 15.5 Å². The third-order valence-electron chi connectivity index (χ3n) is 6.65. The van der Waals surface area contributed by atoms with Gasteiger partial charge in [0.05, 0.1) is 12.1 Å². The molecule has 2 aliphatic heterocycles. The predicted octanol–water partition coefficient (Wildman–Crippen LogP) is 4.75. The van der Waals surface area contributed by atoms with E-state index in [1.807, 2.05) is 42.5 Å². The Bertz CT molecular complexity index is 1260. The van der Waals surface area contributed by atoms with Crippen molar-refractivity contribution in [1.82, 2.24) is 10.2 Å². The highest BCUT2D eigenvalue weighted by molar-refractivity contribution is 6.15. The van der Waals surface area contributed by atoms with Crippen LogP contribution in [0.15, 0.2) is 65.7 Å². The Hall–Kier alpha value is -3.58. The topological polar surface area (TPSA) is 56.7 Å². The number of fused-ring (bicyclic) bond motifs is 1. The molecule has 0 unspecified atom stereocenters. The molecule has 2 N–H and O–H groups in total. The lowest BCUT2D eigenvalue weighted by Crippen LogP contribution is -2.37. The molecule has 180 valence electrons. The van der Waals surface area contributed by atoms with E-state index in [-0.39, 0.29) is 5.91 Å². The molecule has 1 fully saturated rings. The number of piperidine rings is 1. The van der Waals surface area contributed by atoms with Crippen LogP contribution < -0.4 is 10.6 Å². The zero-order valence-corrected chi connectivity index (χ0v) is 19.7. The van der Waals surface area contributed by atoms with Crippen molar-refractivity contribution in [3.63, 3.8) is 0 Å².